The molecule has 0 radical (unpaired) electrons. The Morgan fingerprint density at radius 1 is 0.528 bits per heavy atom. The van der Waals surface area contributed by atoms with Gasteiger partial charge in [-0.15, -0.1) is 0 Å². The number of rotatable bonds is 13. The normalized spacial score (nSPS) is 11.3. The lowest BCUT2D eigenvalue weighted by Gasteiger charge is -2.16. The molecule has 36 heavy (non-hydrogen) atoms. The second-order valence-electron chi connectivity index (χ2n) is 9.50. The first-order valence-corrected chi connectivity index (χ1v) is 13.4. The van der Waals surface area contributed by atoms with Gasteiger partial charge in [0.05, 0.1) is 13.2 Å². The molecule has 4 aromatic carbocycles. The summed E-state index contributed by atoms with van der Waals surface area (Å²) in [6.07, 6.45) is 9.16. The summed E-state index contributed by atoms with van der Waals surface area (Å²) >= 11 is 0. The minimum absolute atomic E-state index is 0.122. The third kappa shape index (κ3) is 6.04. The molecule has 0 atom stereocenters. The molecule has 0 aliphatic rings. The predicted octanol–water partition coefficient (Wildman–Crippen LogP) is 8.99. The molecule has 4 nitrogen and oxygen atoms in total. The fourth-order valence-corrected chi connectivity index (χ4v) is 4.72. The predicted molar refractivity (Wildman–Crippen MR) is 149 cm³/mol. The van der Waals surface area contributed by atoms with E-state index in [1.807, 2.05) is 48.5 Å². The summed E-state index contributed by atoms with van der Waals surface area (Å²) in [5.41, 5.74) is 1.21. The van der Waals surface area contributed by atoms with Crippen LogP contribution in [-0.2, 0) is 0 Å². The third-order valence-corrected chi connectivity index (χ3v) is 6.73. The lowest BCUT2D eigenvalue weighted by molar-refractivity contribution is 0.305. The lowest BCUT2D eigenvalue weighted by Crippen LogP contribution is -1.98. The summed E-state index contributed by atoms with van der Waals surface area (Å²) in [6.45, 7) is 5.73. The van der Waals surface area contributed by atoms with Crippen LogP contribution < -0.4 is 9.47 Å². The molecule has 0 spiro atoms. The highest BCUT2D eigenvalue weighted by molar-refractivity contribution is 6.10. The zero-order valence-electron chi connectivity index (χ0n) is 21.6. The molecule has 0 saturated carbocycles. The van der Waals surface area contributed by atoms with Crippen LogP contribution in [0.1, 0.15) is 65.2 Å². The van der Waals surface area contributed by atoms with Gasteiger partial charge in [0.2, 0.25) is 0 Å². The monoisotopic (exact) mass is 486 g/mol. The third-order valence-electron chi connectivity index (χ3n) is 6.73. The van der Waals surface area contributed by atoms with Crippen LogP contribution in [0.5, 0.6) is 23.0 Å². The smallest absolute Gasteiger partial charge is 0.124 e. The molecular formula is C32H38O4. The topological polar surface area (TPSA) is 58.9 Å². The van der Waals surface area contributed by atoms with Crippen molar-refractivity contribution in [1.29, 1.82) is 0 Å². The van der Waals surface area contributed by atoms with Crippen molar-refractivity contribution in [2.45, 2.75) is 65.2 Å². The van der Waals surface area contributed by atoms with Crippen LogP contribution in [0.15, 0.2) is 60.7 Å². The van der Waals surface area contributed by atoms with Crippen molar-refractivity contribution in [1.82, 2.24) is 0 Å². The first kappa shape index (κ1) is 25.7. The maximum atomic E-state index is 11.0. The number of phenols is 2. The van der Waals surface area contributed by atoms with Crippen molar-refractivity contribution < 1.29 is 19.7 Å². The van der Waals surface area contributed by atoms with Crippen LogP contribution in [-0.4, -0.2) is 23.4 Å². The number of aromatic hydroxyl groups is 2. The summed E-state index contributed by atoms with van der Waals surface area (Å²) in [5, 5.41) is 25.7. The molecule has 0 unspecified atom stereocenters. The number of phenolic OH excluding ortho intramolecular Hbond substituents is 2. The van der Waals surface area contributed by atoms with Crippen LogP contribution >= 0.6 is 0 Å². The van der Waals surface area contributed by atoms with Crippen LogP contribution in [0.3, 0.4) is 0 Å². The van der Waals surface area contributed by atoms with Crippen LogP contribution in [0.2, 0.25) is 0 Å². The fourth-order valence-electron chi connectivity index (χ4n) is 4.72. The van der Waals surface area contributed by atoms with E-state index in [0.717, 1.165) is 58.7 Å². The second-order valence-corrected chi connectivity index (χ2v) is 9.50. The van der Waals surface area contributed by atoms with Gasteiger partial charge in [-0.25, -0.2) is 0 Å². The Labute approximate surface area is 214 Å². The molecule has 4 heteroatoms. The largest absolute Gasteiger partial charge is 0.507 e. The van der Waals surface area contributed by atoms with Crippen LogP contribution in [0.25, 0.3) is 32.7 Å². The summed E-state index contributed by atoms with van der Waals surface area (Å²) < 4.78 is 12.1. The molecule has 0 amide bonds. The maximum Gasteiger partial charge on any atom is 0.124 e. The summed E-state index contributed by atoms with van der Waals surface area (Å²) in [6, 6.07) is 19.1. The number of unbranched alkanes of at least 4 members (excludes halogenated alkanes) is 6. The molecule has 0 aliphatic heterocycles. The minimum Gasteiger partial charge on any atom is -0.507 e. The van der Waals surface area contributed by atoms with Crippen molar-refractivity contribution >= 4 is 21.5 Å². The van der Waals surface area contributed by atoms with Gasteiger partial charge in [-0.3, -0.25) is 0 Å². The van der Waals surface area contributed by atoms with Gasteiger partial charge < -0.3 is 19.7 Å². The Morgan fingerprint density at radius 2 is 0.944 bits per heavy atom. The zero-order valence-corrected chi connectivity index (χ0v) is 21.6. The summed E-state index contributed by atoms with van der Waals surface area (Å²) in [5.74, 6) is 1.77. The van der Waals surface area contributed by atoms with Crippen molar-refractivity contribution in [2.24, 2.45) is 0 Å². The molecule has 190 valence electrons. The zero-order chi connectivity index (χ0) is 25.3. The average Bonchev–Trinajstić information content (AvgIpc) is 2.89. The van der Waals surface area contributed by atoms with E-state index >= 15 is 0 Å². The van der Waals surface area contributed by atoms with Gasteiger partial charge in [0.1, 0.15) is 23.0 Å². The van der Waals surface area contributed by atoms with E-state index in [0.29, 0.717) is 24.3 Å². The molecule has 0 aliphatic carbocycles. The molecule has 4 aromatic rings. The standard InChI is InChI=1S/C32H38O4/c1-3-5-7-9-19-35-25-15-11-23-13-17-29(33)31(27(23)21-25)32-28-22-26(36-20-10-8-6-4-2)16-12-24(28)14-18-30(32)34/h11-18,21-22,33-34H,3-10,19-20H2,1-2H3. The Kier molecular flexibility index (Phi) is 8.94. The number of hydrogen-bond donors (Lipinski definition) is 2. The van der Waals surface area contributed by atoms with Gasteiger partial charge in [-0.05, 0) is 70.8 Å². The van der Waals surface area contributed by atoms with Crippen molar-refractivity contribution in [3.63, 3.8) is 0 Å². The minimum atomic E-state index is 0.122. The molecule has 0 saturated heterocycles. The number of benzene rings is 4. The number of ether oxygens (including phenoxy) is 2. The molecule has 0 fully saturated rings. The fraction of sp³-hybridized carbons (Fsp3) is 0.375. The maximum absolute atomic E-state index is 11.0. The van der Waals surface area contributed by atoms with E-state index in [4.69, 9.17) is 9.47 Å². The van der Waals surface area contributed by atoms with E-state index < -0.39 is 0 Å². The van der Waals surface area contributed by atoms with E-state index in [1.165, 1.54) is 25.7 Å². The first-order chi connectivity index (χ1) is 17.6. The van der Waals surface area contributed by atoms with E-state index in [9.17, 15) is 10.2 Å². The Morgan fingerprint density at radius 3 is 1.36 bits per heavy atom. The summed E-state index contributed by atoms with van der Waals surface area (Å²) in [7, 11) is 0. The van der Waals surface area contributed by atoms with Gasteiger partial charge in [0, 0.05) is 11.1 Å². The Bertz CT molecular complexity index is 1190. The molecule has 0 aromatic heterocycles. The van der Waals surface area contributed by atoms with Crippen LogP contribution in [0, 0.1) is 0 Å². The number of hydrogen-bond acceptors (Lipinski definition) is 4. The average molecular weight is 487 g/mol. The molecule has 0 bridgehead atoms. The Hall–Kier alpha value is -3.40. The highest BCUT2D eigenvalue weighted by Gasteiger charge is 2.18. The van der Waals surface area contributed by atoms with Crippen molar-refractivity contribution in [3.8, 4) is 34.1 Å². The highest BCUT2D eigenvalue weighted by Crippen LogP contribution is 2.45. The van der Waals surface area contributed by atoms with E-state index in [-0.39, 0.29) is 11.5 Å². The molecular weight excluding hydrogens is 448 g/mol. The molecule has 2 N–H and O–H groups in total. The highest BCUT2D eigenvalue weighted by atomic mass is 16.5. The van der Waals surface area contributed by atoms with Crippen LogP contribution in [0.4, 0.5) is 0 Å². The SMILES string of the molecule is CCCCCCOc1ccc2ccc(O)c(-c3c(O)ccc4ccc(OCCCCCC)cc34)c2c1. The van der Waals surface area contributed by atoms with Gasteiger partial charge in [-0.1, -0.05) is 76.6 Å². The van der Waals surface area contributed by atoms with E-state index in [2.05, 4.69) is 13.8 Å². The molecule has 4 rings (SSSR count). The lowest BCUT2D eigenvalue weighted by atomic mass is 9.92. The van der Waals surface area contributed by atoms with Crippen molar-refractivity contribution in [3.05, 3.63) is 60.7 Å². The van der Waals surface area contributed by atoms with Gasteiger partial charge in [0.15, 0.2) is 0 Å². The quantitative estimate of drug-likeness (QED) is 0.185. The van der Waals surface area contributed by atoms with Crippen molar-refractivity contribution in [2.75, 3.05) is 13.2 Å². The summed E-state index contributed by atoms with van der Waals surface area (Å²) in [4.78, 5) is 0. The first-order valence-electron chi connectivity index (χ1n) is 13.4. The van der Waals surface area contributed by atoms with Gasteiger partial charge in [0.25, 0.3) is 0 Å². The Balaban J connectivity index is 1.71. The van der Waals surface area contributed by atoms with Gasteiger partial charge >= 0.3 is 0 Å². The van der Waals surface area contributed by atoms with Gasteiger partial charge in [-0.2, -0.15) is 0 Å². The second kappa shape index (κ2) is 12.5. The number of fused-ring (bicyclic) bond motifs is 2. The van der Waals surface area contributed by atoms with E-state index in [1.54, 1.807) is 12.1 Å². The molecule has 0 heterocycles.